The Hall–Kier alpha value is -1.68. The van der Waals surface area contributed by atoms with E-state index >= 15 is 0 Å². The highest BCUT2D eigenvalue weighted by Gasteiger charge is 2.07. The first-order valence-electron chi connectivity index (χ1n) is 5.71. The van der Waals surface area contributed by atoms with Gasteiger partial charge in [0.2, 0.25) is 5.91 Å². The van der Waals surface area contributed by atoms with Gasteiger partial charge in [0.1, 0.15) is 11.6 Å². The van der Waals surface area contributed by atoms with E-state index in [-0.39, 0.29) is 17.5 Å². The number of phenols is 1. The van der Waals surface area contributed by atoms with Gasteiger partial charge in [0.05, 0.1) is 0 Å². The summed E-state index contributed by atoms with van der Waals surface area (Å²) in [4.78, 5) is 11.0. The van der Waals surface area contributed by atoms with E-state index in [1.165, 1.54) is 0 Å². The lowest BCUT2D eigenvalue weighted by Crippen LogP contribution is -2.26. The van der Waals surface area contributed by atoms with E-state index in [1.54, 1.807) is 12.1 Å². The van der Waals surface area contributed by atoms with Crippen molar-refractivity contribution in [2.45, 2.75) is 6.42 Å². The normalized spacial score (nSPS) is 10.8. The molecule has 0 saturated heterocycles. The Labute approximate surface area is 110 Å². The Balaban J connectivity index is 2.18. The van der Waals surface area contributed by atoms with E-state index in [0.29, 0.717) is 13.0 Å². The number of nitrogens with zero attached hydrogens (tertiary/aromatic N) is 1. The Kier molecular flexibility index (Phi) is 3.77. The van der Waals surface area contributed by atoms with E-state index in [9.17, 15) is 9.90 Å². The van der Waals surface area contributed by atoms with Crippen molar-refractivity contribution in [1.29, 1.82) is 0 Å². The van der Waals surface area contributed by atoms with Crippen molar-refractivity contribution in [2.24, 2.45) is 7.05 Å². The highest BCUT2D eigenvalue weighted by molar-refractivity contribution is 6.27. The average molecular weight is 267 g/mol. The van der Waals surface area contributed by atoms with Gasteiger partial charge in [-0.3, -0.25) is 4.79 Å². The maximum atomic E-state index is 11.0. The third-order valence-corrected chi connectivity index (χ3v) is 3.14. The predicted octanol–water partition coefficient (Wildman–Crippen LogP) is 1.78. The minimum Gasteiger partial charge on any atom is -0.508 e. The van der Waals surface area contributed by atoms with Crippen LogP contribution in [0.3, 0.4) is 0 Å². The summed E-state index contributed by atoms with van der Waals surface area (Å²) in [5, 5.41) is 13.3. The average Bonchev–Trinajstić information content (AvgIpc) is 2.65. The van der Waals surface area contributed by atoms with Crippen LogP contribution in [0.4, 0.5) is 0 Å². The van der Waals surface area contributed by atoms with Crippen molar-refractivity contribution >= 4 is 28.4 Å². The van der Waals surface area contributed by atoms with Crippen molar-refractivity contribution in [3.8, 4) is 5.75 Å². The molecular weight excluding hydrogens is 252 g/mol. The summed E-state index contributed by atoms with van der Waals surface area (Å²) in [7, 11) is 1.96. The molecule has 2 aromatic rings. The Bertz CT molecular complexity index is 578. The van der Waals surface area contributed by atoms with Crippen LogP contribution in [-0.4, -0.2) is 28.0 Å². The fourth-order valence-corrected chi connectivity index (χ4v) is 2.14. The molecule has 1 aromatic carbocycles. The second-order valence-electron chi connectivity index (χ2n) is 4.20. The number of nitrogens with one attached hydrogen (secondary N) is 1. The zero-order chi connectivity index (χ0) is 13.1. The first-order valence-corrected chi connectivity index (χ1v) is 6.25. The molecule has 0 aliphatic carbocycles. The molecule has 5 heteroatoms. The fourth-order valence-electron chi connectivity index (χ4n) is 2.04. The van der Waals surface area contributed by atoms with Crippen molar-refractivity contribution in [3.05, 3.63) is 30.0 Å². The molecule has 0 radical (unpaired) electrons. The van der Waals surface area contributed by atoms with Crippen LogP contribution in [0.1, 0.15) is 5.56 Å². The summed E-state index contributed by atoms with van der Waals surface area (Å²) < 4.78 is 2.01. The zero-order valence-corrected chi connectivity index (χ0v) is 10.9. The van der Waals surface area contributed by atoms with Crippen LogP contribution < -0.4 is 5.32 Å². The van der Waals surface area contributed by atoms with Crippen LogP contribution in [-0.2, 0) is 18.3 Å². The predicted molar refractivity (Wildman–Crippen MR) is 72.0 cm³/mol. The monoisotopic (exact) mass is 266 g/mol. The number of aromatic nitrogens is 1. The van der Waals surface area contributed by atoms with Gasteiger partial charge in [0.25, 0.3) is 0 Å². The highest BCUT2D eigenvalue weighted by Crippen LogP contribution is 2.24. The molecule has 1 amide bonds. The van der Waals surface area contributed by atoms with E-state index in [2.05, 4.69) is 5.32 Å². The SMILES string of the molecule is Cn1cc(CCNC(=O)CCl)c2cc(O)ccc21. The van der Waals surface area contributed by atoms with E-state index in [0.717, 1.165) is 16.5 Å². The zero-order valence-electron chi connectivity index (χ0n) is 10.1. The van der Waals surface area contributed by atoms with Crippen molar-refractivity contribution in [2.75, 3.05) is 12.4 Å². The third kappa shape index (κ3) is 2.59. The lowest BCUT2D eigenvalue weighted by atomic mass is 10.1. The van der Waals surface area contributed by atoms with Gasteiger partial charge in [-0.15, -0.1) is 11.6 Å². The van der Waals surface area contributed by atoms with E-state index < -0.39 is 0 Å². The molecule has 4 nitrogen and oxygen atoms in total. The number of alkyl halides is 1. The fraction of sp³-hybridized carbons (Fsp3) is 0.308. The quantitative estimate of drug-likeness (QED) is 0.829. The summed E-state index contributed by atoms with van der Waals surface area (Å²) in [5.74, 6) is 0.0653. The molecule has 0 fully saturated rings. The number of carbonyl (C=O) groups is 1. The lowest BCUT2D eigenvalue weighted by molar-refractivity contribution is -0.118. The van der Waals surface area contributed by atoms with Gasteiger partial charge in [-0.1, -0.05) is 0 Å². The standard InChI is InChI=1S/C13H15ClN2O2/c1-16-8-9(4-5-15-13(18)7-14)11-6-10(17)2-3-12(11)16/h2-3,6,8,17H,4-5,7H2,1H3,(H,15,18). The summed E-state index contributed by atoms with van der Waals surface area (Å²) in [6, 6.07) is 5.29. The third-order valence-electron chi connectivity index (χ3n) is 2.89. The Morgan fingerprint density at radius 2 is 2.28 bits per heavy atom. The second kappa shape index (κ2) is 5.31. The minimum absolute atomic E-state index is 0.0175. The molecule has 0 unspecified atom stereocenters. The molecule has 1 aromatic heterocycles. The van der Waals surface area contributed by atoms with Crippen LogP contribution in [0.5, 0.6) is 5.75 Å². The van der Waals surface area contributed by atoms with Gasteiger partial charge in [0.15, 0.2) is 0 Å². The largest absolute Gasteiger partial charge is 0.508 e. The van der Waals surface area contributed by atoms with Gasteiger partial charge < -0.3 is 15.0 Å². The van der Waals surface area contributed by atoms with Gasteiger partial charge in [0, 0.05) is 30.7 Å². The number of aromatic hydroxyl groups is 1. The summed E-state index contributed by atoms with van der Waals surface area (Å²) >= 11 is 5.40. The molecule has 18 heavy (non-hydrogen) atoms. The van der Waals surface area contributed by atoms with Crippen LogP contribution in [0, 0.1) is 0 Å². The number of halogens is 1. The van der Waals surface area contributed by atoms with Crippen LogP contribution in [0.2, 0.25) is 0 Å². The number of carbonyl (C=O) groups excluding carboxylic acids is 1. The topological polar surface area (TPSA) is 54.3 Å². The minimum atomic E-state index is -0.167. The van der Waals surface area contributed by atoms with Gasteiger partial charge in [-0.2, -0.15) is 0 Å². The molecule has 0 spiro atoms. The first kappa shape index (κ1) is 12.8. The summed E-state index contributed by atoms with van der Waals surface area (Å²) in [6.07, 6.45) is 2.72. The van der Waals surface area contributed by atoms with E-state index in [4.69, 9.17) is 11.6 Å². The van der Waals surface area contributed by atoms with Crippen LogP contribution in [0.15, 0.2) is 24.4 Å². The first-order chi connectivity index (χ1) is 8.61. The number of hydrogen-bond acceptors (Lipinski definition) is 2. The number of benzene rings is 1. The summed E-state index contributed by atoms with van der Waals surface area (Å²) in [5.41, 5.74) is 2.16. The Morgan fingerprint density at radius 1 is 1.50 bits per heavy atom. The number of hydrogen-bond donors (Lipinski definition) is 2. The van der Waals surface area contributed by atoms with Crippen molar-refractivity contribution in [1.82, 2.24) is 9.88 Å². The maximum absolute atomic E-state index is 11.0. The second-order valence-corrected chi connectivity index (χ2v) is 4.47. The molecule has 0 saturated carbocycles. The van der Waals surface area contributed by atoms with Crippen LogP contribution >= 0.6 is 11.6 Å². The number of fused-ring (bicyclic) bond motifs is 1. The highest BCUT2D eigenvalue weighted by atomic mass is 35.5. The molecular formula is C13H15ClN2O2. The number of amides is 1. The van der Waals surface area contributed by atoms with Crippen molar-refractivity contribution in [3.63, 3.8) is 0 Å². The molecule has 0 atom stereocenters. The number of rotatable bonds is 4. The molecule has 2 N–H and O–H groups in total. The maximum Gasteiger partial charge on any atom is 0.234 e. The summed E-state index contributed by atoms with van der Waals surface area (Å²) in [6.45, 7) is 0.542. The van der Waals surface area contributed by atoms with Gasteiger partial charge in [-0.05, 0) is 30.2 Å². The molecule has 0 bridgehead atoms. The molecule has 0 aliphatic rings. The number of phenolic OH excluding ortho intramolecular Hbond substituents is 1. The molecule has 1 heterocycles. The van der Waals surface area contributed by atoms with E-state index in [1.807, 2.05) is 23.9 Å². The van der Waals surface area contributed by atoms with Gasteiger partial charge >= 0.3 is 0 Å². The lowest BCUT2D eigenvalue weighted by Gasteiger charge is -2.02. The Morgan fingerprint density at radius 3 is 3.00 bits per heavy atom. The van der Waals surface area contributed by atoms with Crippen molar-refractivity contribution < 1.29 is 9.90 Å². The van der Waals surface area contributed by atoms with Crippen LogP contribution in [0.25, 0.3) is 10.9 Å². The molecule has 2 rings (SSSR count). The molecule has 0 aliphatic heterocycles. The molecule has 96 valence electrons. The smallest absolute Gasteiger partial charge is 0.234 e. The van der Waals surface area contributed by atoms with Gasteiger partial charge in [-0.25, -0.2) is 0 Å². The number of aryl methyl sites for hydroxylation is 1.